The molecule has 0 spiro atoms. The van der Waals surface area contributed by atoms with E-state index in [2.05, 4.69) is 20.9 Å². The summed E-state index contributed by atoms with van der Waals surface area (Å²) in [5, 5.41) is 11.7. The minimum absolute atomic E-state index is 0.173. The molecule has 0 fully saturated rings. The van der Waals surface area contributed by atoms with Gasteiger partial charge in [0.25, 0.3) is 0 Å². The van der Waals surface area contributed by atoms with Crippen LogP contribution in [-0.4, -0.2) is 27.6 Å². The molecule has 0 amide bonds. The highest BCUT2D eigenvalue weighted by Gasteiger charge is 2.41. The monoisotopic (exact) mass is 599 g/mol. The molecule has 4 aromatic rings. The fourth-order valence-electron chi connectivity index (χ4n) is 5.10. The number of ketones is 2. The van der Waals surface area contributed by atoms with Crippen molar-refractivity contribution >= 4 is 44.4 Å². The maximum absolute atomic E-state index is 13.5. The van der Waals surface area contributed by atoms with Gasteiger partial charge in [-0.2, -0.15) is 0 Å². The van der Waals surface area contributed by atoms with E-state index in [1.165, 1.54) is 0 Å². The maximum atomic E-state index is 13.5. The average Bonchev–Trinajstić information content (AvgIpc) is 3.13. The molecule has 1 unspecified atom stereocenters. The Morgan fingerprint density at radius 1 is 0.875 bits per heavy atom. The number of phenols is 1. The molecule has 0 radical (unpaired) electrons. The van der Waals surface area contributed by atoms with Crippen LogP contribution in [0, 0.1) is 0 Å². The van der Waals surface area contributed by atoms with Gasteiger partial charge >= 0.3 is 5.97 Å². The van der Waals surface area contributed by atoms with Crippen molar-refractivity contribution in [1.82, 2.24) is 4.98 Å². The van der Waals surface area contributed by atoms with E-state index in [0.29, 0.717) is 48.9 Å². The molecule has 0 aliphatic heterocycles. The van der Waals surface area contributed by atoms with Crippen LogP contribution in [0.4, 0.5) is 0 Å². The minimum Gasteiger partial charge on any atom is -0.507 e. The Morgan fingerprint density at radius 2 is 1.50 bits per heavy atom. The van der Waals surface area contributed by atoms with Gasteiger partial charge in [0.2, 0.25) is 0 Å². The number of rotatable bonds is 3. The number of aromatic hydroxyl groups is 1. The number of halogens is 1. The molecular weight excluding hydrogens is 570 g/mol. The highest BCUT2D eigenvalue weighted by atomic mass is 79.9. The van der Waals surface area contributed by atoms with Crippen LogP contribution >= 0.6 is 15.9 Å². The standard InChI is InChI=1S/C33H30BrNO5/c1-32(2,3)20-15-18(16-21(29(20)37)33(4,5)6)31(39)40-24-12-7-9-17-13-14-23(35-27(17)24)26-28(36)19-10-8-11-22(34)25(19)30(26)38/h7-16,26,37H,1-6H3. The van der Waals surface area contributed by atoms with Gasteiger partial charge in [-0.05, 0) is 41.2 Å². The largest absolute Gasteiger partial charge is 0.507 e. The molecule has 1 atom stereocenters. The number of esters is 1. The molecule has 0 saturated carbocycles. The summed E-state index contributed by atoms with van der Waals surface area (Å²) in [5.74, 6) is -1.91. The number of aromatic nitrogens is 1. The third-order valence-electron chi connectivity index (χ3n) is 7.21. The van der Waals surface area contributed by atoms with Gasteiger partial charge in [0.15, 0.2) is 17.3 Å². The second-order valence-corrected chi connectivity index (χ2v) is 13.1. The van der Waals surface area contributed by atoms with Crippen molar-refractivity contribution in [2.24, 2.45) is 0 Å². The van der Waals surface area contributed by atoms with Gasteiger partial charge in [0.1, 0.15) is 17.2 Å². The van der Waals surface area contributed by atoms with Crippen molar-refractivity contribution in [3.63, 3.8) is 0 Å². The summed E-state index contributed by atoms with van der Waals surface area (Å²) in [6, 6.07) is 17.1. The molecule has 1 heterocycles. The highest BCUT2D eigenvalue weighted by molar-refractivity contribution is 9.10. The Kier molecular flexibility index (Phi) is 6.70. The van der Waals surface area contributed by atoms with E-state index < -0.39 is 22.7 Å². The van der Waals surface area contributed by atoms with E-state index in [-0.39, 0.29) is 23.1 Å². The summed E-state index contributed by atoms with van der Waals surface area (Å²) in [5.41, 5.74) is 2.16. The lowest BCUT2D eigenvalue weighted by molar-refractivity contribution is 0.0735. The van der Waals surface area contributed by atoms with Crippen molar-refractivity contribution in [2.75, 3.05) is 0 Å². The second kappa shape index (κ2) is 9.66. The Balaban J connectivity index is 1.56. The molecule has 6 nitrogen and oxygen atoms in total. The van der Waals surface area contributed by atoms with Gasteiger partial charge in [-0.15, -0.1) is 0 Å². The molecule has 7 heteroatoms. The van der Waals surface area contributed by atoms with Gasteiger partial charge in [-0.25, -0.2) is 9.78 Å². The molecule has 1 aromatic heterocycles. The first-order valence-corrected chi connectivity index (χ1v) is 13.8. The zero-order chi connectivity index (χ0) is 29.1. The van der Waals surface area contributed by atoms with Crippen molar-refractivity contribution in [3.8, 4) is 11.5 Å². The summed E-state index contributed by atoms with van der Waals surface area (Å²) < 4.78 is 6.45. The van der Waals surface area contributed by atoms with Crippen LogP contribution in [0.3, 0.4) is 0 Å². The summed E-state index contributed by atoms with van der Waals surface area (Å²) in [6.45, 7) is 11.8. The molecule has 1 aliphatic carbocycles. The van der Waals surface area contributed by atoms with E-state index in [0.717, 1.165) is 0 Å². The number of Topliss-reactive ketones (excluding diaryl/α,β-unsaturated/α-hetero) is 2. The average molecular weight is 601 g/mol. The Labute approximate surface area is 241 Å². The van der Waals surface area contributed by atoms with Gasteiger partial charge < -0.3 is 9.84 Å². The summed E-state index contributed by atoms with van der Waals surface area (Å²) in [7, 11) is 0. The number of phenolic OH excluding ortho intramolecular Hbond substituents is 1. The van der Waals surface area contributed by atoms with Gasteiger partial charge in [-0.1, -0.05) is 87.8 Å². The molecule has 1 aliphatic rings. The van der Waals surface area contributed by atoms with E-state index in [4.69, 9.17) is 4.74 Å². The molecular formula is C33H30BrNO5. The number of pyridine rings is 1. The molecule has 0 bridgehead atoms. The Bertz CT molecular complexity index is 1690. The molecule has 204 valence electrons. The van der Waals surface area contributed by atoms with Crippen LogP contribution in [0.15, 0.2) is 65.1 Å². The quantitative estimate of drug-likeness (QED) is 0.147. The fraction of sp³-hybridized carbons (Fsp3) is 0.273. The van der Waals surface area contributed by atoms with Crippen LogP contribution in [0.5, 0.6) is 11.5 Å². The number of fused-ring (bicyclic) bond motifs is 2. The Morgan fingerprint density at radius 3 is 2.10 bits per heavy atom. The lowest BCUT2D eigenvalue weighted by Crippen LogP contribution is -2.20. The van der Waals surface area contributed by atoms with Crippen LogP contribution < -0.4 is 4.74 Å². The predicted octanol–water partition coefficient (Wildman–Crippen LogP) is 7.68. The van der Waals surface area contributed by atoms with Crippen molar-refractivity contribution in [1.29, 1.82) is 0 Å². The van der Waals surface area contributed by atoms with E-state index in [1.807, 2.05) is 47.6 Å². The number of nitrogens with zero attached hydrogens (tertiary/aromatic N) is 1. The summed E-state index contributed by atoms with van der Waals surface area (Å²) >= 11 is 3.39. The summed E-state index contributed by atoms with van der Waals surface area (Å²) in [4.78, 5) is 44.7. The SMILES string of the molecule is CC(C)(C)c1cc(C(=O)Oc2cccc3ccc(C4C(=O)c5cccc(Br)c5C4=O)nc23)cc(C(C)(C)C)c1O. The molecule has 5 rings (SSSR count). The van der Waals surface area contributed by atoms with E-state index >= 15 is 0 Å². The number of carbonyl (C=O) groups excluding carboxylic acids is 3. The van der Waals surface area contributed by atoms with Crippen LogP contribution in [-0.2, 0) is 10.8 Å². The summed E-state index contributed by atoms with van der Waals surface area (Å²) in [6.07, 6.45) is 0. The topological polar surface area (TPSA) is 93.6 Å². The second-order valence-electron chi connectivity index (χ2n) is 12.2. The lowest BCUT2D eigenvalue weighted by Gasteiger charge is -2.28. The first kappa shape index (κ1) is 27.7. The smallest absolute Gasteiger partial charge is 0.343 e. The van der Waals surface area contributed by atoms with Crippen LogP contribution in [0.1, 0.15) is 95.4 Å². The number of para-hydroxylation sites is 1. The lowest BCUT2D eigenvalue weighted by atomic mass is 9.78. The zero-order valence-corrected chi connectivity index (χ0v) is 24.8. The van der Waals surface area contributed by atoms with E-state index in [1.54, 1.807) is 54.6 Å². The first-order chi connectivity index (χ1) is 18.7. The first-order valence-electron chi connectivity index (χ1n) is 13.0. The van der Waals surface area contributed by atoms with Gasteiger partial charge in [0, 0.05) is 32.1 Å². The van der Waals surface area contributed by atoms with Crippen molar-refractivity contribution in [2.45, 2.75) is 58.3 Å². The van der Waals surface area contributed by atoms with Crippen molar-refractivity contribution in [3.05, 3.63) is 98.6 Å². The van der Waals surface area contributed by atoms with E-state index in [9.17, 15) is 19.5 Å². The highest BCUT2D eigenvalue weighted by Crippen LogP contribution is 2.41. The number of carbonyl (C=O) groups is 3. The molecule has 0 saturated heterocycles. The van der Waals surface area contributed by atoms with Gasteiger partial charge in [0.05, 0.1) is 11.3 Å². The fourth-order valence-corrected chi connectivity index (χ4v) is 5.66. The number of hydrogen-bond donors (Lipinski definition) is 1. The molecule has 1 N–H and O–H groups in total. The number of ether oxygens (including phenoxy) is 1. The van der Waals surface area contributed by atoms with Gasteiger partial charge in [-0.3, -0.25) is 9.59 Å². The molecule has 3 aromatic carbocycles. The Hall–Kier alpha value is -3.84. The number of hydrogen-bond acceptors (Lipinski definition) is 6. The van der Waals surface area contributed by atoms with Crippen LogP contribution in [0.25, 0.3) is 10.9 Å². The third-order valence-corrected chi connectivity index (χ3v) is 7.88. The predicted molar refractivity (Wildman–Crippen MR) is 158 cm³/mol. The molecule has 40 heavy (non-hydrogen) atoms. The normalized spacial score (nSPS) is 15.4. The minimum atomic E-state index is -1.07. The van der Waals surface area contributed by atoms with Crippen LogP contribution in [0.2, 0.25) is 0 Å². The number of benzene rings is 3. The maximum Gasteiger partial charge on any atom is 0.343 e. The third kappa shape index (κ3) is 4.73. The zero-order valence-electron chi connectivity index (χ0n) is 23.3. The van der Waals surface area contributed by atoms with Crippen molar-refractivity contribution < 1.29 is 24.2 Å².